The predicted molar refractivity (Wildman–Crippen MR) is 245 cm³/mol. The van der Waals surface area contributed by atoms with Crippen molar-refractivity contribution in [1.82, 2.24) is 29.6 Å². The number of benzene rings is 4. The number of aromatic hydroxyl groups is 1. The Balaban J connectivity index is 0.000000189. The lowest BCUT2D eigenvalue weighted by Gasteiger charge is -2.31. The number of phenols is 1. The van der Waals surface area contributed by atoms with Crippen LogP contribution >= 0.6 is 57.5 Å². The van der Waals surface area contributed by atoms with Gasteiger partial charge in [-0.1, -0.05) is 45.9 Å². The fourth-order valence-electron chi connectivity index (χ4n) is 6.23. The Morgan fingerprint density at radius 1 is 0.627 bits per heavy atom. The Hall–Kier alpha value is -5.49. The summed E-state index contributed by atoms with van der Waals surface area (Å²) in [6.45, 7) is 5.79. The normalized spacial score (nSPS) is 14.7. The highest BCUT2D eigenvalue weighted by Gasteiger charge is 2.32. The number of carbonyl (C=O) groups excluding carboxylic acids is 4. The summed E-state index contributed by atoms with van der Waals surface area (Å²) >= 11 is 18.9. The maximum Gasteiger partial charge on any atom is 0.416 e. The zero-order chi connectivity index (χ0) is 48.8. The zero-order valence-electron chi connectivity index (χ0n) is 35.0. The Morgan fingerprint density at radius 2 is 1.06 bits per heavy atom. The number of carbonyl (C=O) groups is 4. The van der Waals surface area contributed by atoms with Gasteiger partial charge < -0.3 is 29.4 Å². The van der Waals surface area contributed by atoms with Gasteiger partial charge in [-0.15, -0.1) is 0 Å². The van der Waals surface area contributed by atoms with Gasteiger partial charge in [-0.3, -0.25) is 25.0 Å². The van der Waals surface area contributed by atoms with Crippen molar-refractivity contribution in [3.63, 3.8) is 0 Å². The van der Waals surface area contributed by atoms with Crippen LogP contribution < -0.4 is 15.4 Å². The van der Waals surface area contributed by atoms with E-state index in [0.717, 1.165) is 73.1 Å². The molecule has 0 saturated carbocycles. The summed E-state index contributed by atoms with van der Waals surface area (Å²) in [6.07, 6.45) is -9.52. The lowest BCUT2D eigenvalue weighted by molar-refractivity contribution is -0.138. The maximum absolute atomic E-state index is 12.9. The van der Waals surface area contributed by atoms with Crippen molar-refractivity contribution < 1.29 is 55.4 Å². The number of nitrogens with zero attached hydrogens (tertiary/aromatic N) is 6. The number of halogens is 9. The molecule has 14 nitrogen and oxygen atoms in total. The fourth-order valence-corrected chi connectivity index (χ4v) is 8.54. The second-order valence-electron chi connectivity index (χ2n) is 14.8. The van der Waals surface area contributed by atoms with E-state index in [1.165, 1.54) is 48.5 Å². The highest BCUT2D eigenvalue weighted by atomic mass is 35.5. The molecule has 3 N–H and O–H groups in total. The number of ether oxygens (including phenoxy) is 1. The number of alkyl halides is 6. The van der Waals surface area contributed by atoms with Crippen molar-refractivity contribution in [1.29, 1.82) is 0 Å². The van der Waals surface area contributed by atoms with Crippen molar-refractivity contribution in [3.8, 4) is 11.5 Å². The first kappa shape index (κ1) is 50.9. The molecule has 2 aromatic heterocycles. The smallest absolute Gasteiger partial charge is 0.416 e. The predicted octanol–water partition coefficient (Wildman–Crippen LogP) is 10.5. The van der Waals surface area contributed by atoms with E-state index in [4.69, 9.17) is 39.5 Å². The average molecular weight is 1030 g/mol. The molecule has 0 spiro atoms. The first-order chi connectivity index (χ1) is 31.5. The van der Waals surface area contributed by atoms with Gasteiger partial charge in [0.1, 0.15) is 11.5 Å². The molecule has 4 aromatic carbocycles. The van der Waals surface area contributed by atoms with Gasteiger partial charge in [0, 0.05) is 62.4 Å². The number of rotatable bonds is 5. The lowest BCUT2D eigenvalue weighted by atomic mass is 10.2. The molecular formula is C42H37Cl3F6N8O6S2. The number of hydrogen-bond acceptors (Lipinski definition) is 12. The van der Waals surface area contributed by atoms with E-state index in [1.807, 2.05) is 14.1 Å². The van der Waals surface area contributed by atoms with Gasteiger partial charge >= 0.3 is 23.8 Å². The Kier molecular flexibility index (Phi) is 16.4. The van der Waals surface area contributed by atoms with Crippen molar-refractivity contribution in [2.45, 2.75) is 12.4 Å². The number of phenolic OH excluding ortho intramolecular Hbond substituents is 1. The van der Waals surface area contributed by atoms with Crippen LogP contribution in [-0.2, 0) is 12.4 Å². The van der Waals surface area contributed by atoms with Crippen LogP contribution in [0, 0.1) is 0 Å². The van der Waals surface area contributed by atoms with Crippen LogP contribution in [-0.4, -0.2) is 124 Å². The van der Waals surface area contributed by atoms with Crippen LogP contribution in [0.25, 0.3) is 20.4 Å². The molecule has 0 unspecified atom stereocenters. The average Bonchev–Trinajstić information content (AvgIpc) is 3.87. The molecule has 2 fully saturated rings. The molecule has 67 heavy (non-hydrogen) atoms. The summed E-state index contributed by atoms with van der Waals surface area (Å²) in [4.78, 5) is 63.8. The van der Waals surface area contributed by atoms with E-state index in [1.54, 1.807) is 9.80 Å². The molecule has 4 amide bonds. The molecule has 2 aliphatic rings. The summed E-state index contributed by atoms with van der Waals surface area (Å²) in [7, 11) is 3.99. The monoisotopic (exact) mass is 1030 g/mol. The number of hydrogen-bond donors (Lipinski definition) is 3. The lowest BCUT2D eigenvalue weighted by Crippen LogP contribution is -2.48. The molecule has 0 radical (unpaired) electrons. The molecule has 6 aromatic rings. The van der Waals surface area contributed by atoms with E-state index >= 15 is 0 Å². The minimum absolute atomic E-state index is 0.000198. The summed E-state index contributed by atoms with van der Waals surface area (Å²) in [5.41, 5.74) is -0.999. The maximum atomic E-state index is 12.9. The fraction of sp³-hybridized carbons (Fsp3) is 0.286. The van der Waals surface area contributed by atoms with Crippen LogP contribution in [0.4, 0.5) is 46.2 Å². The van der Waals surface area contributed by atoms with Gasteiger partial charge in [-0.05, 0) is 98.5 Å². The van der Waals surface area contributed by atoms with E-state index in [-0.39, 0.29) is 57.7 Å². The molecule has 25 heteroatoms. The molecule has 0 aliphatic carbocycles. The molecule has 8 rings (SSSR count). The Bertz CT molecular complexity index is 2780. The van der Waals surface area contributed by atoms with Gasteiger partial charge in [0.15, 0.2) is 10.3 Å². The second-order valence-corrected chi connectivity index (χ2v) is 18.1. The quantitative estimate of drug-likeness (QED) is 0.0861. The number of anilines is 2. The third-order valence-corrected chi connectivity index (χ3v) is 12.5. The third kappa shape index (κ3) is 13.8. The van der Waals surface area contributed by atoms with Gasteiger partial charge in [0.2, 0.25) is 0 Å². The largest absolute Gasteiger partial charge is 0.507 e. The topological polar surface area (TPSA) is 161 Å². The SMILES string of the molecule is CN1CCN(C(=O)Cl)CC1.CN1CCN(C(=O)Oc2ccc(Cl)cc2C(=O)Nc2nc3ccc(C(F)(F)F)cc3s2)CC1.O=C(Nc1nc2ccc(C(F)(F)F)cc2s1)c1cc(Cl)ccc1O. The van der Waals surface area contributed by atoms with Crippen LogP contribution in [0.15, 0.2) is 72.8 Å². The summed E-state index contributed by atoms with van der Waals surface area (Å²) in [6, 6.07) is 14.5. The van der Waals surface area contributed by atoms with E-state index in [9.17, 15) is 50.6 Å². The molecule has 2 aliphatic heterocycles. The number of nitrogens with one attached hydrogen (secondary N) is 2. The van der Waals surface area contributed by atoms with Crippen molar-refractivity contribution >= 4 is 111 Å². The highest BCUT2D eigenvalue weighted by Crippen LogP contribution is 2.36. The first-order valence-electron chi connectivity index (χ1n) is 19.7. The van der Waals surface area contributed by atoms with Crippen LogP contribution in [0.3, 0.4) is 0 Å². The molecule has 2 saturated heterocycles. The number of fused-ring (bicyclic) bond motifs is 2. The van der Waals surface area contributed by atoms with Gasteiger partial charge in [0.05, 0.1) is 42.7 Å². The zero-order valence-corrected chi connectivity index (χ0v) is 38.9. The van der Waals surface area contributed by atoms with Crippen LogP contribution in [0.1, 0.15) is 31.8 Å². The minimum Gasteiger partial charge on any atom is -0.507 e. The molecule has 4 heterocycles. The number of thiazole rings is 2. The van der Waals surface area contributed by atoms with Gasteiger partial charge in [-0.2, -0.15) is 26.3 Å². The molecular weight excluding hydrogens is 997 g/mol. The standard InChI is InChI=1S/C21H18ClF3N4O3S.C15H8ClF3N2O2S.C6H11ClN2O/c1-28-6-8-29(9-7-28)20(31)32-16-5-3-13(22)11-14(16)18(30)27-19-26-15-4-2-12(21(23,24)25)10-17(15)33-19;16-8-2-4-11(22)9(6-8)13(23)21-14-20-10-3-1-7(15(17,18)19)5-12(10)24-14;1-8-2-4-9(5-3-8)6(7)10/h2-5,10-11H,6-9H2,1H3,(H,26,27,30);1-6,22H,(H,20,21,23);2-5H2,1H3. The first-order valence-corrected chi connectivity index (χ1v) is 22.5. The minimum atomic E-state index is -4.48. The number of likely N-dealkylation sites (N-methyl/N-ethyl adjacent to an activating group) is 2. The van der Waals surface area contributed by atoms with Gasteiger partial charge in [0.25, 0.3) is 11.8 Å². The van der Waals surface area contributed by atoms with E-state index in [2.05, 4.69) is 30.4 Å². The van der Waals surface area contributed by atoms with Crippen molar-refractivity contribution in [2.75, 3.05) is 77.1 Å². The van der Waals surface area contributed by atoms with Crippen LogP contribution in [0.5, 0.6) is 11.5 Å². The molecule has 356 valence electrons. The number of amides is 4. The van der Waals surface area contributed by atoms with Crippen LogP contribution in [0.2, 0.25) is 10.0 Å². The number of aromatic nitrogens is 2. The Morgan fingerprint density at radius 3 is 1.52 bits per heavy atom. The van der Waals surface area contributed by atoms with Crippen molar-refractivity contribution in [2.24, 2.45) is 0 Å². The van der Waals surface area contributed by atoms with Gasteiger partial charge in [-0.25, -0.2) is 14.8 Å². The second kappa shape index (κ2) is 21.6. The third-order valence-electron chi connectivity index (χ3n) is 9.97. The molecule has 0 atom stereocenters. The summed E-state index contributed by atoms with van der Waals surface area (Å²) in [5, 5.41) is 15.1. The van der Waals surface area contributed by atoms with Crippen molar-refractivity contribution in [3.05, 3.63) is 105 Å². The summed E-state index contributed by atoms with van der Waals surface area (Å²) in [5.74, 6) is -1.57. The van der Waals surface area contributed by atoms with E-state index < -0.39 is 41.4 Å². The highest BCUT2D eigenvalue weighted by molar-refractivity contribution is 7.22. The Labute approximate surface area is 400 Å². The summed E-state index contributed by atoms with van der Waals surface area (Å²) < 4.78 is 83.0. The molecule has 0 bridgehead atoms. The van der Waals surface area contributed by atoms with E-state index in [0.29, 0.717) is 37.2 Å². The number of piperazine rings is 2.